The molecule has 5 aromatic rings. The van der Waals surface area contributed by atoms with E-state index in [0.717, 1.165) is 14.3 Å². The Morgan fingerprint density at radius 1 is 0.833 bits per heavy atom. The first-order chi connectivity index (χ1) is 14.5. The summed E-state index contributed by atoms with van der Waals surface area (Å²) in [5.74, 6) is -0.225. The molecule has 0 radical (unpaired) electrons. The number of hydrogen-bond donors (Lipinski definition) is 0. The predicted molar refractivity (Wildman–Crippen MR) is 122 cm³/mol. The van der Waals surface area contributed by atoms with Gasteiger partial charge in [-0.1, -0.05) is 44.0 Å². The molecule has 4 nitrogen and oxygen atoms in total. The van der Waals surface area contributed by atoms with Crippen LogP contribution in [0, 0.1) is 5.82 Å². The van der Waals surface area contributed by atoms with Crippen LogP contribution in [-0.2, 0) is 0 Å². The molecule has 30 heavy (non-hydrogen) atoms. The van der Waals surface area contributed by atoms with Gasteiger partial charge in [0.25, 0.3) is 0 Å². The Hall–Kier alpha value is -2.90. The number of rotatable bonds is 2. The van der Waals surface area contributed by atoms with E-state index in [9.17, 15) is 9.18 Å². The van der Waals surface area contributed by atoms with Crippen LogP contribution in [0.5, 0.6) is 0 Å². The monoisotopic (exact) mass is 524 g/mol. The maximum atomic E-state index is 14.6. The fraction of sp³-hybridized carbons (Fsp3) is 0. The highest BCUT2D eigenvalue weighted by Gasteiger charge is 2.17. The lowest BCUT2D eigenvalue weighted by Gasteiger charge is -2.10. The predicted octanol–water partition coefficient (Wildman–Crippen LogP) is 6.73. The molecule has 0 N–H and O–H groups in total. The van der Waals surface area contributed by atoms with Crippen molar-refractivity contribution >= 4 is 53.7 Å². The Bertz CT molecular complexity index is 1520. The van der Waals surface area contributed by atoms with Gasteiger partial charge < -0.3 is 4.42 Å². The molecule has 0 unspecified atom stereocenters. The minimum absolute atomic E-state index is 0.179. The van der Waals surface area contributed by atoms with Crippen LogP contribution in [0.3, 0.4) is 0 Å². The highest BCUT2D eigenvalue weighted by molar-refractivity contribution is 9.10. The van der Waals surface area contributed by atoms with Crippen LogP contribution in [-0.4, -0.2) is 9.97 Å². The zero-order valence-corrected chi connectivity index (χ0v) is 18.4. The van der Waals surface area contributed by atoms with Gasteiger partial charge in [-0.3, -0.25) is 0 Å². The third-order valence-corrected chi connectivity index (χ3v) is 5.71. The summed E-state index contributed by atoms with van der Waals surface area (Å²) < 4.78 is 21.7. The zero-order chi connectivity index (χ0) is 20.8. The lowest BCUT2D eigenvalue weighted by molar-refractivity contribution is 0.563. The highest BCUT2D eigenvalue weighted by Crippen LogP contribution is 2.32. The van der Waals surface area contributed by atoms with E-state index >= 15 is 0 Å². The second-order valence-electron chi connectivity index (χ2n) is 6.67. The number of halogens is 3. The van der Waals surface area contributed by atoms with Gasteiger partial charge in [0.05, 0.1) is 11.2 Å². The first-order valence-electron chi connectivity index (χ1n) is 8.95. The Morgan fingerprint density at radius 3 is 2.43 bits per heavy atom. The smallest absolute Gasteiger partial charge is 0.347 e. The Kier molecular flexibility index (Phi) is 4.72. The minimum Gasteiger partial charge on any atom is -0.422 e. The van der Waals surface area contributed by atoms with Crippen molar-refractivity contribution in [1.82, 2.24) is 9.97 Å². The average molecular weight is 526 g/mol. The molecular formula is C23H11Br2FN2O2. The molecule has 0 aliphatic rings. The van der Waals surface area contributed by atoms with Gasteiger partial charge in [0.1, 0.15) is 17.0 Å². The molecule has 3 aromatic carbocycles. The van der Waals surface area contributed by atoms with Crippen molar-refractivity contribution in [2.45, 2.75) is 0 Å². The van der Waals surface area contributed by atoms with E-state index in [1.807, 2.05) is 18.2 Å². The van der Waals surface area contributed by atoms with Crippen molar-refractivity contribution in [3.8, 4) is 22.6 Å². The number of aromatic nitrogens is 2. The first-order valence-corrected chi connectivity index (χ1v) is 10.5. The van der Waals surface area contributed by atoms with E-state index in [1.165, 1.54) is 6.07 Å². The summed E-state index contributed by atoms with van der Waals surface area (Å²) in [5, 5.41) is 1.40. The maximum absolute atomic E-state index is 14.6. The molecule has 146 valence electrons. The van der Waals surface area contributed by atoms with Gasteiger partial charge in [0.15, 0.2) is 5.82 Å². The first kappa shape index (κ1) is 19.1. The molecule has 2 heterocycles. The fourth-order valence-corrected chi connectivity index (χ4v) is 4.07. The van der Waals surface area contributed by atoms with Gasteiger partial charge in [-0.05, 0) is 54.6 Å². The second kappa shape index (κ2) is 7.41. The number of nitrogens with zero attached hydrogens (tertiary/aromatic N) is 2. The van der Waals surface area contributed by atoms with Crippen LogP contribution in [0.4, 0.5) is 4.39 Å². The van der Waals surface area contributed by atoms with Crippen LogP contribution in [0.1, 0.15) is 0 Å². The summed E-state index contributed by atoms with van der Waals surface area (Å²) in [6.45, 7) is 0. The topological polar surface area (TPSA) is 56.0 Å². The van der Waals surface area contributed by atoms with Gasteiger partial charge in [0.2, 0.25) is 0 Å². The highest BCUT2D eigenvalue weighted by atomic mass is 79.9. The van der Waals surface area contributed by atoms with Crippen molar-refractivity contribution in [2.75, 3.05) is 0 Å². The molecule has 7 heteroatoms. The van der Waals surface area contributed by atoms with Crippen LogP contribution in [0.25, 0.3) is 44.5 Å². The van der Waals surface area contributed by atoms with Crippen LogP contribution in [0.2, 0.25) is 0 Å². The van der Waals surface area contributed by atoms with Crippen LogP contribution < -0.4 is 5.63 Å². The van der Waals surface area contributed by atoms with Crippen molar-refractivity contribution < 1.29 is 8.81 Å². The van der Waals surface area contributed by atoms with E-state index < -0.39 is 11.4 Å². The van der Waals surface area contributed by atoms with E-state index in [1.54, 1.807) is 42.5 Å². The molecule has 0 amide bonds. The molecule has 0 fully saturated rings. The molecule has 2 aromatic heterocycles. The third kappa shape index (κ3) is 3.34. The van der Waals surface area contributed by atoms with Crippen LogP contribution in [0.15, 0.2) is 84.9 Å². The second-order valence-corrected chi connectivity index (χ2v) is 8.50. The average Bonchev–Trinajstić information content (AvgIpc) is 2.73. The molecule has 0 atom stereocenters. The quantitative estimate of drug-likeness (QED) is 0.240. The molecule has 5 rings (SSSR count). The molecule has 0 bridgehead atoms. The summed E-state index contributed by atoms with van der Waals surface area (Å²) >= 11 is 6.87. The van der Waals surface area contributed by atoms with Crippen molar-refractivity contribution in [1.29, 1.82) is 0 Å². The Morgan fingerprint density at radius 2 is 1.60 bits per heavy atom. The molecule has 0 spiro atoms. The number of hydrogen-bond acceptors (Lipinski definition) is 4. The summed E-state index contributed by atoms with van der Waals surface area (Å²) in [7, 11) is 0. The zero-order valence-electron chi connectivity index (χ0n) is 15.2. The van der Waals surface area contributed by atoms with E-state index in [4.69, 9.17) is 4.42 Å². The maximum Gasteiger partial charge on any atom is 0.347 e. The van der Waals surface area contributed by atoms with E-state index in [-0.39, 0.29) is 11.4 Å². The largest absolute Gasteiger partial charge is 0.422 e. The van der Waals surface area contributed by atoms with Gasteiger partial charge in [-0.2, -0.15) is 0 Å². The molecule has 0 aliphatic heterocycles. The van der Waals surface area contributed by atoms with Gasteiger partial charge in [0, 0.05) is 25.3 Å². The van der Waals surface area contributed by atoms with E-state index in [2.05, 4.69) is 41.8 Å². The van der Waals surface area contributed by atoms with Crippen molar-refractivity contribution in [2.24, 2.45) is 0 Å². The summed E-state index contributed by atoms with van der Waals surface area (Å²) in [5.41, 5.74) is 1.45. The molecule has 0 saturated heterocycles. The lowest BCUT2D eigenvalue weighted by Crippen LogP contribution is -2.06. The standard InChI is InChI=1S/C23H11Br2FN2O2/c24-13-6-8-20-12(9-13)10-17(23(29)30-20)22-27-19-7-5-14(25)11-16(19)21(28-22)15-3-1-2-4-18(15)26/h1-11H. The van der Waals surface area contributed by atoms with Crippen molar-refractivity contribution in [3.05, 3.63) is 91.9 Å². The number of fused-ring (bicyclic) bond motifs is 2. The Balaban J connectivity index is 1.84. The fourth-order valence-electron chi connectivity index (χ4n) is 3.33. The summed E-state index contributed by atoms with van der Waals surface area (Å²) in [6, 6.07) is 18.9. The van der Waals surface area contributed by atoms with Gasteiger partial charge in [-0.15, -0.1) is 0 Å². The third-order valence-electron chi connectivity index (χ3n) is 4.72. The molecule has 0 aliphatic carbocycles. The summed E-state index contributed by atoms with van der Waals surface area (Å²) in [4.78, 5) is 21.8. The van der Waals surface area contributed by atoms with E-state index in [0.29, 0.717) is 27.7 Å². The molecular weight excluding hydrogens is 515 g/mol. The van der Waals surface area contributed by atoms with Crippen molar-refractivity contribution in [3.63, 3.8) is 0 Å². The number of benzene rings is 3. The SMILES string of the molecule is O=c1oc2ccc(Br)cc2cc1-c1nc(-c2ccccc2F)c2cc(Br)ccc2n1. The molecule has 0 saturated carbocycles. The summed E-state index contributed by atoms with van der Waals surface area (Å²) in [6.07, 6.45) is 0. The van der Waals surface area contributed by atoms with Gasteiger partial charge in [-0.25, -0.2) is 19.2 Å². The minimum atomic E-state index is -0.555. The lowest BCUT2D eigenvalue weighted by atomic mass is 10.1. The normalized spacial score (nSPS) is 11.3. The van der Waals surface area contributed by atoms with Crippen LogP contribution >= 0.6 is 31.9 Å². The Labute approximate surface area is 186 Å². The van der Waals surface area contributed by atoms with Gasteiger partial charge >= 0.3 is 5.63 Å².